The van der Waals surface area contributed by atoms with Gasteiger partial charge in [-0.1, -0.05) is 11.6 Å². The number of nitrogens with one attached hydrogen (secondary N) is 1. The Balaban J connectivity index is 2.18. The molecule has 1 aromatic heterocycles. The van der Waals surface area contributed by atoms with Crippen LogP contribution in [0.2, 0.25) is 5.02 Å². The highest BCUT2D eigenvalue weighted by molar-refractivity contribution is 6.33. The number of hydrogen-bond acceptors (Lipinski definition) is 3. The molecule has 15 heavy (non-hydrogen) atoms. The highest BCUT2D eigenvalue weighted by atomic mass is 35.5. The van der Waals surface area contributed by atoms with Crippen LogP contribution in [0.4, 0.5) is 5.82 Å². The van der Waals surface area contributed by atoms with Gasteiger partial charge in [-0.3, -0.25) is 9.89 Å². The number of hydrogen-bond donors (Lipinski definition) is 2. The number of carboxylic acid groups (broad SMARTS) is 1. The SMILES string of the molecule is O=C(O)Cc1[nH]nc(N2CCCC2)c1Cl. The monoisotopic (exact) mass is 229 g/mol. The van der Waals surface area contributed by atoms with Gasteiger partial charge < -0.3 is 10.0 Å². The average Bonchev–Trinajstić information content (AvgIpc) is 2.76. The van der Waals surface area contributed by atoms with Gasteiger partial charge in [0, 0.05) is 13.1 Å². The minimum Gasteiger partial charge on any atom is -0.481 e. The number of H-pyrrole nitrogens is 1. The van der Waals surface area contributed by atoms with Crippen LogP contribution in [0.15, 0.2) is 0 Å². The normalized spacial score (nSPS) is 15.9. The van der Waals surface area contributed by atoms with Crippen LogP contribution < -0.4 is 4.90 Å². The summed E-state index contributed by atoms with van der Waals surface area (Å²) in [4.78, 5) is 12.6. The highest BCUT2D eigenvalue weighted by Gasteiger charge is 2.21. The van der Waals surface area contributed by atoms with E-state index in [1.807, 2.05) is 0 Å². The zero-order chi connectivity index (χ0) is 10.8. The van der Waals surface area contributed by atoms with Gasteiger partial charge in [0.25, 0.3) is 0 Å². The summed E-state index contributed by atoms with van der Waals surface area (Å²) < 4.78 is 0. The van der Waals surface area contributed by atoms with Crippen molar-refractivity contribution in [1.29, 1.82) is 0 Å². The second-order valence-corrected chi connectivity index (χ2v) is 3.98. The van der Waals surface area contributed by atoms with Crippen LogP contribution in [0.5, 0.6) is 0 Å². The number of aliphatic carboxylic acids is 1. The standard InChI is InChI=1S/C9H12ClN3O2/c10-8-6(5-7(14)15)11-12-9(8)13-3-1-2-4-13/h1-5H2,(H,11,12)(H,14,15). The fraction of sp³-hybridized carbons (Fsp3) is 0.556. The Morgan fingerprint density at radius 3 is 2.80 bits per heavy atom. The third-order valence-electron chi connectivity index (χ3n) is 2.49. The number of carbonyl (C=O) groups is 1. The van der Waals surface area contributed by atoms with Gasteiger partial charge >= 0.3 is 5.97 Å². The molecular formula is C9H12ClN3O2. The number of aromatic amines is 1. The summed E-state index contributed by atoms with van der Waals surface area (Å²) in [5.74, 6) is -0.223. The topological polar surface area (TPSA) is 69.2 Å². The van der Waals surface area contributed by atoms with E-state index in [4.69, 9.17) is 16.7 Å². The molecule has 0 unspecified atom stereocenters. The molecule has 2 rings (SSSR count). The minimum absolute atomic E-state index is 0.111. The van der Waals surface area contributed by atoms with Crippen LogP contribution in [0, 0.1) is 0 Å². The van der Waals surface area contributed by atoms with Gasteiger partial charge in [0.2, 0.25) is 0 Å². The molecule has 0 radical (unpaired) electrons. The summed E-state index contributed by atoms with van der Waals surface area (Å²) in [6.45, 7) is 1.88. The maximum absolute atomic E-state index is 10.5. The van der Waals surface area contributed by atoms with Gasteiger partial charge in [0.1, 0.15) is 5.02 Å². The molecule has 82 valence electrons. The molecule has 0 spiro atoms. The molecule has 0 aliphatic carbocycles. The van der Waals surface area contributed by atoms with E-state index in [-0.39, 0.29) is 6.42 Å². The Morgan fingerprint density at radius 2 is 2.20 bits per heavy atom. The molecule has 6 heteroatoms. The first-order chi connectivity index (χ1) is 7.18. The van der Waals surface area contributed by atoms with E-state index in [1.54, 1.807) is 0 Å². The molecule has 0 aromatic carbocycles. The second kappa shape index (κ2) is 4.10. The molecule has 0 amide bonds. The fourth-order valence-corrected chi connectivity index (χ4v) is 2.03. The van der Waals surface area contributed by atoms with Crippen molar-refractivity contribution in [1.82, 2.24) is 10.2 Å². The summed E-state index contributed by atoms with van der Waals surface area (Å²) in [6.07, 6.45) is 2.16. The van der Waals surface area contributed by atoms with E-state index in [0.29, 0.717) is 16.5 Å². The lowest BCUT2D eigenvalue weighted by Crippen LogP contribution is -2.18. The molecule has 1 fully saturated rings. The summed E-state index contributed by atoms with van der Waals surface area (Å²) in [5.41, 5.74) is 0.478. The highest BCUT2D eigenvalue weighted by Crippen LogP contribution is 2.29. The van der Waals surface area contributed by atoms with Gasteiger partial charge in [-0.25, -0.2) is 0 Å². The largest absolute Gasteiger partial charge is 0.481 e. The van der Waals surface area contributed by atoms with Crippen LogP contribution in [-0.4, -0.2) is 34.4 Å². The van der Waals surface area contributed by atoms with Crippen LogP contribution in [-0.2, 0) is 11.2 Å². The van der Waals surface area contributed by atoms with Crippen LogP contribution in [0.3, 0.4) is 0 Å². The molecule has 1 aliphatic heterocycles. The average molecular weight is 230 g/mol. The fourth-order valence-electron chi connectivity index (χ4n) is 1.76. The van der Waals surface area contributed by atoms with Crippen molar-refractivity contribution in [2.45, 2.75) is 19.3 Å². The molecule has 2 heterocycles. The Hall–Kier alpha value is -1.23. The van der Waals surface area contributed by atoms with Crippen molar-refractivity contribution in [3.05, 3.63) is 10.7 Å². The Bertz CT molecular complexity index is 371. The number of aromatic nitrogens is 2. The van der Waals surface area contributed by atoms with Crippen LogP contribution in [0.25, 0.3) is 0 Å². The summed E-state index contributed by atoms with van der Waals surface area (Å²) in [7, 11) is 0. The first-order valence-electron chi connectivity index (χ1n) is 4.88. The predicted octanol–water partition coefficient (Wildman–Crippen LogP) is 1.29. The molecule has 0 bridgehead atoms. The Labute approximate surface area is 92.0 Å². The zero-order valence-electron chi connectivity index (χ0n) is 8.16. The quantitative estimate of drug-likeness (QED) is 0.820. The number of rotatable bonds is 3. The molecule has 1 saturated heterocycles. The maximum Gasteiger partial charge on any atom is 0.309 e. The summed E-state index contributed by atoms with van der Waals surface area (Å²) >= 11 is 6.05. The van der Waals surface area contributed by atoms with Crippen molar-refractivity contribution >= 4 is 23.4 Å². The molecule has 1 aliphatic rings. The van der Waals surface area contributed by atoms with Gasteiger partial charge in [-0.15, -0.1) is 0 Å². The van der Waals surface area contributed by atoms with Crippen LogP contribution >= 0.6 is 11.6 Å². The third kappa shape index (κ3) is 2.07. The Morgan fingerprint density at radius 1 is 1.53 bits per heavy atom. The summed E-state index contributed by atoms with van der Waals surface area (Å²) in [5, 5.41) is 15.8. The second-order valence-electron chi connectivity index (χ2n) is 3.60. The number of nitrogens with zero attached hydrogens (tertiary/aromatic N) is 2. The number of anilines is 1. The van der Waals surface area contributed by atoms with Gasteiger partial charge in [-0.2, -0.15) is 5.10 Å². The number of halogens is 1. The smallest absolute Gasteiger partial charge is 0.309 e. The van der Waals surface area contributed by atoms with Crippen molar-refractivity contribution in [3.63, 3.8) is 0 Å². The van der Waals surface area contributed by atoms with Crippen molar-refractivity contribution in [2.24, 2.45) is 0 Å². The van der Waals surface area contributed by atoms with E-state index in [9.17, 15) is 4.79 Å². The first-order valence-corrected chi connectivity index (χ1v) is 5.26. The molecule has 0 atom stereocenters. The van der Waals surface area contributed by atoms with Gasteiger partial charge in [-0.05, 0) is 12.8 Å². The lowest BCUT2D eigenvalue weighted by atomic mass is 10.3. The molecule has 1 aromatic rings. The molecule has 2 N–H and O–H groups in total. The Kier molecular flexibility index (Phi) is 2.81. The molecule has 0 saturated carbocycles. The molecule has 5 nitrogen and oxygen atoms in total. The van der Waals surface area contributed by atoms with E-state index >= 15 is 0 Å². The summed E-state index contributed by atoms with van der Waals surface area (Å²) in [6, 6.07) is 0. The maximum atomic E-state index is 10.5. The van der Waals surface area contributed by atoms with E-state index in [1.165, 1.54) is 0 Å². The predicted molar refractivity (Wildman–Crippen MR) is 56.4 cm³/mol. The minimum atomic E-state index is -0.909. The lowest BCUT2D eigenvalue weighted by Gasteiger charge is -2.13. The van der Waals surface area contributed by atoms with Crippen molar-refractivity contribution in [3.8, 4) is 0 Å². The third-order valence-corrected chi connectivity index (χ3v) is 2.89. The van der Waals surface area contributed by atoms with E-state index in [2.05, 4.69) is 15.1 Å². The first kappa shape index (κ1) is 10.3. The van der Waals surface area contributed by atoms with Gasteiger partial charge in [0.05, 0.1) is 12.1 Å². The van der Waals surface area contributed by atoms with Crippen LogP contribution in [0.1, 0.15) is 18.5 Å². The van der Waals surface area contributed by atoms with Crippen molar-refractivity contribution < 1.29 is 9.90 Å². The van der Waals surface area contributed by atoms with Crippen molar-refractivity contribution in [2.75, 3.05) is 18.0 Å². The van der Waals surface area contributed by atoms with E-state index in [0.717, 1.165) is 25.9 Å². The zero-order valence-corrected chi connectivity index (χ0v) is 8.92. The number of carboxylic acids is 1. The van der Waals surface area contributed by atoms with E-state index < -0.39 is 5.97 Å². The van der Waals surface area contributed by atoms with Gasteiger partial charge in [0.15, 0.2) is 5.82 Å². The molecular weight excluding hydrogens is 218 g/mol. The lowest BCUT2D eigenvalue weighted by molar-refractivity contribution is -0.136.